The summed E-state index contributed by atoms with van der Waals surface area (Å²) in [5, 5.41) is 2.91. The zero-order valence-electron chi connectivity index (χ0n) is 14.5. The molecule has 7 heteroatoms. The van der Waals surface area contributed by atoms with Crippen LogP contribution in [0.2, 0.25) is 0 Å². The lowest BCUT2D eigenvalue weighted by atomic mass is 10.1. The molecule has 2 aromatic carbocycles. The molecule has 0 spiro atoms. The lowest BCUT2D eigenvalue weighted by molar-refractivity contribution is 0.102. The average molecular weight is 414 g/mol. The summed E-state index contributed by atoms with van der Waals surface area (Å²) in [6.45, 7) is 3.49. The molecule has 0 aliphatic carbocycles. The van der Waals surface area contributed by atoms with Crippen LogP contribution in [0.5, 0.6) is 0 Å². The van der Waals surface area contributed by atoms with Gasteiger partial charge in [-0.05, 0) is 42.3 Å². The number of thioether (sulfide) groups is 1. The van der Waals surface area contributed by atoms with Gasteiger partial charge in [0.25, 0.3) is 5.91 Å². The Morgan fingerprint density at radius 3 is 2.42 bits per heavy atom. The van der Waals surface area contributed by atoms with Crippen LogP contribution >= 0.6 is 36.6 Å². The highest BCUT2D eigenvalue weighted by Gasteiger charge is 2.10. The fourth-order valence-electron chi connectivity index (χ4n) is 2.75. The molecule has 1 heterocycles. The molecule has 1 aliphatic heterocycles. The van der Waals surface area contributed by atoms with Crippen molar-refractivity contribution in [2.75, 3.05) is 42.2 Å². The predicted octanol–water partition coefficient (Wildman–Crippen LogP) is 3.96. The number of nitrogen functional groups attached to an aromatic ring is 1. The molecule has 0 unspecified atom stereocenters. The van der Waals surface area contributed by atoms with Crippen LogP contribution in [-0.4, -0.2) is 41.9 Å². The van der Waals surface area contributed by atoms with Crippen molar-refractivity contribution < 1.29 is 4.79 Å². The van der Waals surface area contributed by atoms with Crippen LogP contribution in [-0.2, 0) is 6.42 Å². The van der Waals surface area contributed by atoms with Gasteiger partial charge in [0, 0.05) is 48.1 Å². The molecule has 1 amide bonds. The van der Waals surface area contributed by atoms with Gasteiger partial charge in [0.15, 0.2) is 0 Å². The minimum Gasteiger partial charge on any atom is -0.399 e. The van der Waals surface area contributed by atoms with Crippen molar-refractivity contribution in [2.24, 2.45) is 0 Å². The summed E-state index contributed by atoms with van der Waals surface area (Å²) in [6, 6.07) is 15.1. The number of carbonyl (C=O) groups excluding carboxylic acids is 1. The van der Waals surface area contributed by atoms with Gasteiger partial charge in [0.1, 0.15) is 0 Å². The van der Waals surface area contributed by atoms with Gasteiger partial charge in [-0.15, -0.1) is 24.8 Å². The molecule has 4 nitrogen and oxygen atoms in total. The van der Waals surface area contributed by atoms with E-state index >= 15 is 0 Å². The highest BCUT2D eigenvalue weighted by Crippen LogP contribution is 2.14. The minimum absolute atomic E-state index is 0. The number of amides is 1. The second kappa shape index (κ2) is 11.3. The average Bonchev–Trinajstić information content (AvgIpc) is 2.62. The van der Waals surface area contributed by atoms with E-state index < -0.39 is 0 Å². The van der Waals surface area contributed by atoms with E-state index in [9.17, 15) is 4.79 Å². The lowest BCUT2D eigenvalue weighted by Gasteiger charge is -2.26. The van der Waals surface area contributed by atoms with Gasteiger partial charge in [-0.3, -0.25) is 4.79 Å². The smallest absolute Gasteiger partial charge is 0.255 e. The molecule has 3 rings (SSSR count). The number of benzene rings is 2. The number of nitrogens with zero attached hydrogens (tertiary/aromatic N) is 1. The van der Waals surface area contributed by atoms with Crippen molar-refractivity contribution in [2.45, 2.75) is 6.42 Å². The van der Waals surface area contributed by atoms with Crippen molar-refractivity contribution in [3.8, 4) is 0 Å². The summed E-state index contributed by atoms with van der Waals surface area (Å²) in [4.78, 5) is 14.7. The highest BCUT2D eigenvalue weighted by molar-refractivity contribution is 7.99. The maximum Gasteiger partial charge on any atom is 0.255 e. The Balaban J connectivity index is 0.00000169. The van der Waals surface area contributed by atoms with Gasteiger partial charge in [0.2, 0.25) is 0 Å². The zero-order chi connectivity index (χ0) is 16.8. The van der Waals surface area contributed by atoms with E-state index in [2.05, 4.69) is 22.3 Å². The largest absolute Gasteiger partial charge is 0.399 e. The van der Waals surface area contributed by atoms with E-state index in [-0.39, 0.29) is 30.7 Å². The highest BCUT2D eigenvalue weighted by atomic mass is 35.5. The Morgan fingerprint density at radius 1 is 1.08 bits per heavy atom. The van der Waals surface area contributed by atoms with Gasteiger partial charge in [-0.1, -0.05) is 18.2 Å². The van der Waals surface area contributed by atoms with E-state index in [0.717, 1.165) is 18.7 Å². The van der Waals surface area contributed by atoms with Crippen LogP contribution in [0, 0.1) is 0 Å². The maximum atomic E-state index is 12.2. The van der Waals surface area contributed by atoms with Crippen LogP contribution in [0.4, 0.5) is 11.4 Å². The Kier molecular flexibility index (Phi) is 9.88. The molecule has 0 aromatic heterocycles. The topological polar surface area (TPSA) is 58.4 Å². The van der Waals surface area contributed by atoms with Gasteiger partial charge in [-0.25, -0.2) is 0 Å². The van der Waals surface area contributed by atoms with Crippen molar-refractivity contribution in [1.82, 2.24) is 4.90 Å². The molecule has 0 radical (unpaired) electrons. The van der Waals surface area contributed by atoms with Crippen molar-refractivity contribution >= 4 is 53.9 Å². The Labute approximate surface area is 171 Å². The summed E-state index contributed by atoms with van der Waals surface area (Å²) in [5.41, 5.74) is 8.99. The molecule has 142 valence electrons. The maximum absolute atomic E-state index is 12.2. The number of carbonyl (C=O) groups is 1. The molecule has 26 heavy (non-hydrogen) atoms. The van der Waals surface area contributed by atoms with E-state index in [4.69, 9.17) is 5.73 Å². The number of hydrogen-bond donors (Lipinski definition) is 2. The third kappa shape index (κ3) is 6.72. The van der Waals surface area contributed by atoms with Crippen molar-refractivity contribution in [3.63, 3.8) is 0 Å². The standard InChI is InChI=1S/C19H23N3OS.2ClH/c20-17-3-1-2-16(14-17)19(23)21-18-6-4-15(5-7-18)8-9-22-10-12-24-13-11-22;;/h1-7,14H,8-13,20H2,(H,21,23);2*1H. The van der Waals surface area contributed by atoms with Gasteiger partial charge in [0.05, 0.1) is 0 Å². The molecule has 1 saturated heterocycles. The minimum atomic E-state index is -0.138. The molecule has 0 saturated carbocycles. The first-order valence-corrected chi connectivity index (χ1v) is 9.42. The number of anilines is 2. The third-order valence-corrected chi connectivity index (χ3v) is 5.12. The van der Waals surface area contributed by atoms with Gasteiger partial charge >= 0.3 is 0 Å². The molecule has 3 N–H and O–H groups in total. The van der Waals surface area contributed by atoms with Crippen LogP contribution in [0.15, 0.2) is 48.5 Å². The first-order chi connectivity index (χ1) is 11.7. The van der Waals surface area contributed by atoms with Gasteiger partial charge in [-0.2, -0.15) is 11.8 Å². The Bertz CT molecular complexity index is 691. The third-order valence-electron chi connectivity index (χ3n) is 4.18. The van der Waals surface area contributed by atoms with E-state index in [1.54, 1.807) is 24.3 Å². The summed E-state index contributed by atoms with van der Waals surface area (Å²) in [5.74, 6) is 2.35. The molecular formula is C19H25Cl2N3OS. The Morgan fingerprint density at radius 2 is 1.77 bits per heavy atom. The fraction of sp³-hybridized carbons (Fsp3) is 0.316. The van der Waals surface area contributed by atoms with Crippen LogP contribution in [0.1, 0.15) is 15.9 Å². The summed E-state index contributed by atoms with van der Waals surface area (Å²) in [6.07, 6.45) is 1.05. The second-order valence-electron chi connectivity index (χ2n) is 5.98. The Hall–Kier alpha value is -1.40. The van der Waals surface area contributed by atoms with Crippen molar-refractivity contribution in [1.29, 1.82) is 0 Å². The summed E-state index contributed by atoms with van der Waals surface area (Å²) >= 11 is 2.04. The molecule has 0 bridgehead atoms. The molecule has 1 fully saturated rings. The number of nitrogens with two attached hydrogens (primary N) is 1. The normalized spacial score (nSPS) is 14.0. The van der Waals surface area contributed by atoms with E-state index in [0.29, 0.717) is 11.3 Å². The monoisotopic (exact) mass is 413 g/mol. The first-order valence-electron chi connectivity index (χ1n) is 8.27. The van der Waals surface area contributed by atoms with Crippen LogP contribution < -0.4 is 11.1 Å². The molecule has 2 aromatic rings. The van der Waals surface area contributed by atoms with Crippen LogP contribution in [0.25, 0.3) is 0 Å². The number of hydrogen-bond acceptors (Lipinski definition) is 4. The number of halogens is 2. The van der Waals surface area contributed by atoms with E-state index in [1.165, 1.54) is 30.2 Å². The predicted molar refractivity (Wildman–Crippen MR) is 117 cm³/mol. The van der Waals surface area contributed by atoms with Crippen LogP contribution in [0.3, 0.4) is 0 Å². The zero-order valence-corrected chi connectivity index (χ0v) is 17.0. The number of nitrogens with one attached hydrogen (secondary N) is 1. The number of rotatable bonds is 5. The molecule has 0 atom stereocenters. The SMILES string of the molecule is Cl.Cl.Nc1cccc(C(=O)Nc2ccc(CCN3CCSCC3)cc2)c1. The first kappa shape index (κ1) is 22.6. The van der Waals surface area contributed by atoms with E-state index in [1.807, 2.05) is 23.9 Å². The lowest BCUT2D eigenvalue weighted by Crippen LogP contribution is -2.34. The quantitative estimate of drug-likeness (QED) is 0.728. The molecule has 1 aliphatic rings. The summed E-state index contributed by atoms with van der Waals surface area (Å²) in [7, 11) is 0. The van der Waals surface area contributed by atoms with Gasteiger partial charge < -0.3 is 16.0 Å². The molecular weight excluding hydrogens is 389 g/mol. The van der Waals surface area contributed by atoms with Crippen molar-refractivity contribution in [3.05, 3.63) is 59.7 Å². The fourth-order valence-corrected chi connectivity index (χ4v) is 3.73. The second-order valence-corrected chi connectivity index (χ2v) is 7.21. The summed E-state index contributed by atoms with van der Waals surface area (Å²) < 4.78 is 0.